The number of amides is 2. The first kappa shape index (κ1) is 48.7. The molecule has 4 fully saturated rings. The van der Waals surface area contributed by atoms with E-state index >= 15 is 0 Å². The van der Waals surface area contributed by atoms with Crippen molar-refractivity contribution in [1.29, 1.82) is 0 Å². The molecular weight excluding hydrogens is 946 g/mol. The Labute approximate surface area is 413 Å². The Hall–Kier alpha value is -6.34. The summed E-state index contributed by atoms with van der Waals surface area (Å²) in [6.45, 7) is 4.18. The van der Waals surface area contributed by atoms with E-state index in [2.05, 4.69) is 51.0 Å². The summed E-state index contributed by atoms with van der Waals surface area (Å²) in [5.41, 5.74) is 2.60. The van der Waals surface area contributed by atoms with E-state index in [1.54, 1.807) is 26.4 Å². The van der Waals surface area contributed by atoms with Gasteiger partial charge in [0.25, 0.3) is 0 Å². The molecule has 4 heterocycles. The van der Waals surface area contributed by atoms with Gasteiger partial charge in [-0.1, -0.05) is 23.2 Å². The average Bonchev–Trinajstić information content (AvgIpc) is 3.37. The molecule has 0 atom stereocenters. The van der Waals surface area contributed by atoms with E-state index in [1.165, 1.54) is 36.9 Å². The highest BCUT2D eigenvalue weighted by molar-refractivity contribution is 6.31. The number of halogens is 4. The molecule has 2 aliphatic carbocycles. The van der Waals surface area contributed by atoms with Gasteiger partial charge < -0.3 is 40.2 Å². The Balaban J connectivity index is 0.000000174. The number of ether oxygens (including phenoxy) is 4. The number of carbonyl (C=O) groups is 2. The second-order valence-electron chi connectivity index (χ2n) is 17.7. The molecule has 20 heteroatoms. The van der Waals surface area contributed by atoms with Crippen molar-refractivity contribution in [2.24, 2.45) is 0 Å². The molecule has 2 saturated carbocycles. The van der Waals surface area contributed by atoms with Crippen molar-refractivity contribution in [3.63, 3.8) is 0 Å². The van der Waals surface area contributed by atoms with Crippen LogP contribution >= 0.6 is 23.2 Å². The molecule has 0 spiro atoms. The Morgan fingerprint density at radius 2 is 0.986 bits per heavy atom. The second-order valence-corrected chi connectivity index (χ2v) is 18.5. The van der Waals surface area contributed by atoms with Crippen LogP contribution in [0, 0.1) is 11.6 Å². The molecule has 6 aromatic rings. The molecule has 0 radical (unpaired) electrons. The van der Waals surface area contributed by atoms with Gasteiger partial charge in [0, 0.05) is 72.5 Å². The van der Waals surface area contributed by atoms with Crippen LogP contribution in [0.2, 0.25) is 10.0 Å². The lowest BCUT2D eigenvalue weighted by molar-refractivity contribution is -0.126. The molecule has 10 rings (SSSR count). The molecule has 16 nitrogen and oxygen atoms in total. The smallest absolute Gasteiger partial charge is 0.234 e. The third kappa shape index (κ3) is 11.6. The van der Waals surface area contributed by atoms with E-state index in [9.17, 15) is 18.4 Å². The van der Waals surface area contributed by atoms with Crippen LogP contribution in [0.15, 0.2) is 73.3 Å². The summed E-state index contributed by atoms with van der Waals surface area (Å²) in [6.07, 6.45) is 10.5. The molecule has 4 aliphatic rings. The first-order chi connectivity index (χ1) is 34.0. The quantitative estimate of drug-likeness (QED) is 0.0917. The number of fused-ring (bicyclic) bond motifs is 2. The van der Waals surface area contributed by atoms with E-state index in [0.29, 0.717) is 95.3 Å². The minimum absolute atomic E-state index is 0.0276. The number of anilines is 4. The average molecular weight is 1000 g/mol. The molecule has 2 aromatic heterocycles. The molecule has 2 saturated heterocycles. The van der Waals surface area contributed by atoms with Gasteiger partial charge in [-0.2, -0.15) is 0 Å². The summed E-state index contributed by atoms with van der Waals surface area (Å²) in [6, 6.07) is 17.0. The Morgan fingerprint density at radius 3 is 1.36 bits per heavy atom. The number of hydrogen-bond donors (Lipinski definition) is 4. The molecule has 70 heavy (non-hydrogen) atoms. The predicted molar refractivity (Wildman–Crippen MR) is 264 cm³/mol. The molecule has 4 N–H and O–H groups in total. The second kappa shape index (κ2) is 22.2. The molecule has 2 aliphatic heterocycles. The number of carbonyl (C=O) groups excluding carboxylic acids is 2. The van der Waals surface area contributed by atoms with Gasteiger partial charge in [-0.15, -0.1) is 0 Å². The number of piperazine rings is 2. The first-order valence-corrected chi connectivity index (χ1v) is 24.2. The van der Waals surface area contributed by atoms with Gasteiger partial charge in [-0.3, -0.25) is 19.4 Å². The molecule has 0 unspecified atom stereocenters. The lowest BCUT2D eigenvalue weighted by atomic mass is 9.91. The Kier molecular flexibility index (Phi) is 15.4. The number of nitrogens with zero attached hydrogens (tertiary/aromatic N) is 6. The van der Waals surface area contributed by atoms with Gasteiger partial charge in [0.2, 0.25) is 11.8 Å². The summed E-state index contributed by atoms with van der Waals surface area (Å²) in [7, 11) is 3.21. The number of rotatable bonds is 12. The van der Waals surface area contributed by atoms with Gasteiger partial charge in [-0.05, 0) is 99.9 Å². The highest BCUT2D eigenvalue weighted by Crippen LogP contribution is 2.40. The number of benzene rings is 4. The van der Waals surface area contributed by atoms with Crippen LogP contribution in [0.1, 0.15) is 51.4 Å². The van der Waals surface area contributed by atoms with Crippen LogP contribution in [0.25, 0.3) is 21.8 Å². The van der Waals surface area contributed by atoms with Crippen LogP contribution < -0.4 is 40.2 Å². The predicted octanol–water partition coefficient (Wildman–Crippen LogP) is 8.59. The fourth-order valence-electron chi connectivity index (χ4n) is 9.61. The maximum Gasteiger partial charge on any atom is 0.234 e. The van der Waals surface area contributed by atoms with E-state index in [0.717, 1.165) is 75.2 Å². The van der Waals surface area contributed by atoms with Crippen molar-refractivity contribution in [2.75, 3.05) is 64.1 Å². The van der Waals surface area contributed by atoms with Crippen LogP contribution in [-0.2, 0) is 9.59 Å². The van der Waals surface area contributed by atoms with Gasteiger partial charge in [-0.25, -0.2) is 28.7 Å². The minimum atomic E-state index is -0.483. The lowest BCUT2D eigenvalue weighted by Crippen LogP contribution is -2.52. The molecule has 2 amide bonds. The number of aromatic nitrogens is 4. The van der Waals surface area contributed by atoms with Crippen molar-refractivity contribution in [2.45, 2.75) is 75.7 Å². The van der Waals surface area contributed by atoms with E-state index < -0.39 is 11.6 Å². The van der Waals surface area contributed by atoms with Crippen molar-refractivity contribution in [3.05, 3.63) is 95.0 Å². The minimum Gasteiger partial charge on any atom is -0.493 e. The van der Waals surface area contributed by atoms with Crippen LogP contribution in [-0.4, -0.2) is 119 Å². The number of hydrogen-bond acceptors (Lipinski definition) is 14. The zero-order valence-electron chi connectivity index (χ0n) is 38.8. The first-order valence-electron chi connectivity index (χ1n) is 23.4. The highest BCUT2D eigenvalue weighted by atomic mass is 35.5. The monoisotopic (exact) mass is 998 g/mol. The summed E-state index contributed by atoms with van der Waals surface area (Å²) >= 11 is 11.9. The third-order valence-electron chi connectivity index (χ3n) is 13.2. The van der Waals surface area contributed by atoms with Gasteiger partial charge in [0.15, 0.2) is 23.0 Å². The van der Waals surface area contributed by atoms with E-state index in [-0.39, 0.29) is 34.1 Å². The summed E-state index contributed by atoms with van der Waals surface area (Å²) < 4.78 is 51.1. The highest BCUT2D eigenvalue weighted by Gasteiger charge is 2.32. The Morgan fingerprint density at radius 1 is 0.571 bits per heavy atom. The maximum atomic E-state index is 13.6. The Bertz CT molecular complexity index is 2660. The van der Waals surface area contributed by atoms with Crippen molar-refractivity contribution < 1.29 is 37.3 Å². The largest absolute Gasteiger partial charge is 0.493 e. The molecule has 4 aromatic carbocycles. The zero-order chi connectivity index (χ0) is 48.7. The fourth-order valence-corrected chi connectivity index (χ4v) is 9.97. The van der Waals surface area contributed by atoms with Gasteiger partial charge >= 0.3 is 0 Å². The molecule has 368 valence electrons. The van der Waals surface area contributed by atoms with E-state index in [4.69, 9.17) is 42.1 Å². The molecular formula is C50H54Cl2F2N10O6. The summed E-state index contributed by atoms with van der Waals surface area (Å²) in [4.78, 5) is 45.5. The SMILES string of the molecule is COc1cc2ncnc(Nc3ccc(F)c(Cl)c3)c2cc1OC1CCC(N2CCNC(=O)C2)CC1.COc1cc2ncnc(Nc3ccc(F)c(Cl)c3)c2cc1OC1CCC(N2CCNC(=O)C2)CC1. The van der Waals surface area contributed by atoms with Crippen LogP contribution in [0.3, 0.4) is 0 Å². The number of nitrogens with one attached hydrogen (secondary N) is 4. The maximum absolute atomic E-state index is 13.6. The van der Waals surface area contributed by atoms with E-state index in [1.807, 2.05) is 24.3 Å². The van der Waals surface area contributed by atoms with Crippen molar-refractivity contribution in [1.82, 2.24) is 40.4 Å². The van der Waals surface area contributed by atoms with Gasteiger partial charge in [0.05, 0.1) is 60.6 Å². The van der Waals surface area contributed by atoms with Crippen LogP contribution in [0.4, 0.5) is 31.8 Å². The lowest BCUT2D eigenvalue weighted by Gasteiger charge is -2.38. The van der Waals surface area contributed by atoms with Gasteiger partial charge in [0.1, 0.15) is 35.9 Å². The van der Waals surface area contributed by atoms with Crippen molar-refractivity contribution >= 4 is 79.8 Å². The summed E-state index contributed by atoms with van der Waals surface area (Å²) in [5.74, 6) is 2.78. The normalized spacial score (nSPS) is 20.9. The topological polar surface area (TPSA) is 177 Å². The molecule has 0 bridgehead atoms. The fraction of sp³-hybridized carbons (Fsp3) is 0.400. The van der Waals surface area contributed by atoms with Crippen LogP contribution in [0.5, 0.6) is 23.0 Å². The number of methoxy groups -OCH3 is 2. The zero-order valence-corrected chi connectivity index (χ0v) is 40.3. The third-order valence-corrected chi connectivity index (χ3v) is 13.8. The standard InChI is InChI=1S/2C25H27ClFN5O3/c2*1-34-22-12-21-18(25(30-14-29-21)31-15-2-7-20(27)19(26)10-15)11-23(22)35-17-5-3-16(4-6-17)32-9-8-28-24(33)13-32/h2*2,7,10-12,14,16-17H,3-6,8-9,13H2,1H3,(H,28,33)(H,29,30,31). The van der Waals surface area contributed by atoms with Crippen molar-refractivity contribution in [3.8, 4) is 23.0 Å². The summed E-state index contributed by atoms with van der Waals surface area (Å²) in [5, 5.41) is 13.7.